The van der Waals surface area contributed by atoms with Gasteiger partial charge in [0.1, 0.15) is 0 Å². The van der Waals surface area contributed by atoms with E-state index >= 15 is 0 Å². The molecule has 1 heterocycles. The summed E-state index contributed by atoms with van der Waals surface area (Å²) in [6, 6.07) is 1.56. The molecule has 0 bridgehead atoms. The first-order valence-corrected chi connectivity index (χ1v) is 4.92. The van der Waals surface area contributed by atoms with Crippen LogP contribution >= 0.6 is 0 Å². The maximum atomic E-state index is 2.62. The Kier molecular flexibility index (Phi) is 2.94. The summed E-state index contributed by atoms with van der Waals surface area (Å²) in [6.07, 6.45) is 2.76. The summed E-state index contributed by atoms with van der Waals surface area (Å²) in [7, 11) is 0. The summed E-state index contributed by atoms with van der Waals surface area (Å²) >= 11 is 0. The SMILES string of the molecule is CC[C@H]1CCN(C(C)C)[C@@H]1C. The lowest BCUT2D eigenvalue weighted by molar-refractivity contribution is 0.194. The van der Waals surface area contributed by atoms with Crippen molar-refractivity contribution in [1.82, 2.24) is 4.90 Å². The van der Waals surface area contributed by atoms with Crippen LogP contribution in [0.4, 0.5) is 0 Å². The molecular formula is C10H21N. The molecule has 1 nitrogen and oxygen atoms in total. The zero-order chi connectivity index (χ0) is 8.43. The number of hydrogen-bond acceptors (Lipinski definition) is 1. The van der Waals surface area contributed by atoms with Gasteiger partial charge in [0.05, 0.1) is 0 Å². The van der Waals surface area contributed by atoms with Gasteiger partial charge in [-0.15, -0.1) is 0 Å². The Morgan fingerprint density at radius 2 is 2.09 bits per heavy atom. The highest BCUT2D eigenvalue weighted by molar-refractivity contribution is 4.84. The van der Waals surface area contributed by atoms with Crippen molar-refractivity contribution in [3.8, 4) is 0 Å². The van der Waals surface area contributed by atoms with Crippen molar-refractivity contribution in [3.05, 3.63) is 0 Å². The highest BCUT2D eigenvalue weighted by Gasteiger charge is 2.30. The van der Waals surface area contributed by atoms with Crippen LogP contribution in [0, 0.1) is 5.92 Å². The summed E-state index contributed by atoms with van der Waals surface area (Å²) in [4.78, 5) is 2.62. The van der Waals surface area contributed by atoms with Gasteiger partial charge >= 0.3 is 0 Å². The summed E-state index contributed by atoms with van der Waals surface area (Å²) < 4.78 is 0. The zero-order valence-electron chi connectivity index (χ0n) is 8.30. The average Bonchev–Trinajstić information content (AvgIpc) is 2.30. The van der Waals surface area contributed by atoms with E-state index in [0.29, 0.717) is 0 Å². The lowest BCUT2D eigenvalue weighted by Gasteiger charge is -2.27. The molecule has 0 aromatic carbocycles. The molecule has 1 saturated heterocycles. The predicted molar refractivity (Wildman–Crippen MR) is 49.7 cm³/mol. The third kappa shape index (κ3) is 1.76. The van der Waals surface area contributed by atoms with Gasteiger partial charge in [-0.1, -0.05) is 13.3 Å². The molecule has 0 unspecified atom stereocenters. The van der Waals surface area contributed by atoms with Crippen molar-refractivity contribution in [1.29, 1.82) is 0 Å². The predicted octanol–water partition coefficient (Wildman–Crippen LogP) is 2.52. The first-order chi connectivity index (χ1) is 5.16. The van der Waals surface area contributed by atoms with Crippen molar-refractivity contribution in [2.24, 2.45) is 5.92 Å². The highest BCUT2D eigenvalue weighted by atomic mass is 15.2. The third-order valence-corrected chi connectivity index (χ3v) is 3.15. The molecule has 1 aliphatic rings. The molecule has 2 atom stereocenters. The third-order valence-electron chi connectivity index (χ3n) is 3.15. The van der Waals surface area contributed by atoms with Gasteiger partial charge in [0.25, 0.3) is 0 Å². The Morgan fingerprint density at radius 3 is 2.36 bits per heavy atom. The first-order valence-electron chi connectivity index (χ1n) is 4.92. The second kappa shape index (κ2) is 3.57. The van der Waals surface area contributed by atoms with Crippen LogP contribution in [0.5, 0.6) is 0 Å². The van der Waals surface area contributed by atoms with Crippen LogP contribution < -0.4 is 0 Å². The smallest absolute Gasteiger partial charge is 0.00982 e. The topological polar surface area (TPSA) is 3.24 Å². The molecule has 0 aromatic rings. The van der Waals surface area contributed by atoms with Gasteiger partial charge in [-0.2, -0.15) is 0 Å². The molecule has 0 aromatic heterocycles. The first kappa shape index (κ1) is 9.05. The van der Waals surface area contributed by atoms with E-state index in [9.17, 15) is 0 Å². The molecule has 66 valence electrons. The van der Waals surface area contributed by atoms with Gasteiger partial charge in [0, 0.05) is 12.1 Å². The van der Waals surface area contributed by atoms with Crippen LogP contribution in [-0.4, -0.2) is 23.5 Å². The van der Waals surface area contributed by atoms with E-state index in [0.717, 1.165) is 18.0 Å². The molecule has 0 saturated carbocycles. The van der Waals surface area contributed by atoms with E-state index in [1.165, 1.54) is 19.4 Å². The van der Waals surface area contributed by atoms with Gasteiger partial charge < -0.3 is 0 Å². The lowest BCUT2D eigenvalue weighted by atomic mass is 9.99. The minimum atomic E-state index is 0.738. The van der Waals surface area contributed by atoms with E-state index in [4.69, 9.17) is 0 Å². The summed E-state index contributed by atoms with van der Waals surface area (Å²) in [6.45, 7) is 10.6. The molecule has 0 aliphatic carbocycles. The molecule has 11 heavy (non-hydrogen) atoms. The average molecular weight is 155 g/mol. The van der Waals surface area contributed by atoms with Crippen LogP contribution in [0.2, 0.25) is 0 Å². The normalized spacial score (nSPS) is 33.5. The van der Waals surface area contributed by atoms with E-state index < -0.39 is 0 Å². The van der Waals surface area contributed by atoms with E-state index in [1.54, 1.807) is 0 Å². The fourth-order valence-corrected chi connectivity index (χ4v) is 2.30. The fraction of sp³-hybridized carbons (Fsp3) is 1.00. The zero-order valence-corrected chi connectivity index (χ0v) is 8.30. The minimum Gasteiger partial charge on any atom is -0.298 e. The van der Waals surface area contributed by atoms with Crippen molar-refractivity contribution in [2.45, 2.75) is 52.6 Å². The maximum absolute atomic E-state index is 2.62. The van der Waals surface area contributed by atoms with E-state index in [2.05, 4.69) is 32.6 Å². The largest absolute Gasteiger partial charge is 0.298 e. The molecule has 1 aliphatic heterocycles. The minimum absolute atomic E-state index is 0.738. The van der Waals surface area contributed by atoms with Crippen molar-refractivity contribution >= 4 is 0 Å². The lowest BCUT2D eigenvalue weighted by Crippen LogP contribution is -2.35. The van der Waals surface area contributed by atoms with Crippen molar-refractivity contribution < 1.29 is 0 Å². The van der Waals surface area contributed by atoms with Crippen molar-refractivity contribution in [3.63, 3.8) is 0 Å². The van der Waals surface area contributed by atoms with Gasteiger partial charge in [-0.05, 0) is 39.7 Å². The summed E-state index contributed by atoms with van der Waals surface area (Å²) in [5.41, 5.74) is 0. The van der Waals surface area contributed by atoms with Crippen LogP contribution in [0.3, 0.4) is 0 Å². The van der Waals surface area contributed by atoms with Gasteiger partial charge in [0.2, 0.25) is 0 Å². The molecule has 0 N–H and O–H groups in total. The Bertz CT molecular complexity index is 120. The number of nitrogens with zero attached hydrogens (tertiary/aromatic N) is 1. The van der Waals surface area contributed by atoms with Gasteiger partial charge in [-0.3, -0.25) is 4.90 Å². The quantitative estimate of drug-likeness (QED) is 0.592. The summed E-state index contributed by atoms with van der Waals surface area (Å²) in [5, 5.41) is 0. The van der Waals surface area contributed by atoms with E-state index in [-0.39, 0.29) is 0 Å². The Hall–Kier alpha value is -0.0400. The van der Waals surface area contributed by atoms with Gasteiger partial charge in [0.15, 0.2) is 0 Å². The summed E-state index contributed by atoms with van der Waals surface area (Å²) in [5.74, 6) is 0.956. The van der Waals surface area contributed by atoms with Crippen LogP contribution in [0.1, 0.15) is 40.5 Å². The fourth-order valence-electron chi connectivity index (χ4n) is 2.30. The second-order valence-corrected chi connectivity index (χ2v) is 4.03. The molecular weight excluding hydrogens is 134 g/mol. The second-order valence-electron chi connectivity index (χ2n) is 4.03. The molecule has 0 amide bonds. The highest BCUT2D eigenvalue weighted by Crippen LogP contribution is 2.27. The standard InChI is InChI=1S/C10H21N/c1-5-10-6-7-11(8(2)3)9(10)4/h8-10H,5-7H2,1-4H3/t9-,10+/m1/s1. The number of likely N-dealkylation sites (tertiary alicyclic amines) is 1. The molecule has 1 fully saturated rings. The molecule has 0 radical (unpaired) electrons. The molecule has 1 heteroatoms. The monoisotopic (exact) mass is 155 g/mol. The van der Waals surface area contributed by atoms with Crippen LogP contribution in [0.15, 0.2) is 0 Å². The van der Waals surface area contributed by atoms with Gasteiger partial charge in [-0.25, -0.2) is 0 Å². The Morgan fingerprint density at radius 1 is 1.45 bits per heavy atom. The maximum Gasteiger partial charge on any atom is 0.00982 e. The van der Waals surface area contributed by atoms with Crippen LogP contribution in [-0.2, 0) is 0 Å². The molecule has 0 spiro atoms. The Labute approximate surface area is 70.8 Å². The van der Waals surface area contributed by atoms with Crippen molar-refractivity contribution in [2.75, 3.05) is 6.54 Å². The number of rotatable bonds is 2. The van der Waals surface area contributed by atoms with E-state index in [1.807, 2.05) is 0 Å². The Balaban J connectivity index is 2.48. The molecule has 1 rings (SSSR count). The van der Waals surface area contributed by atoms with Crippen LogP contribution in [0.25, 0.3) is 0 Å². The number of hydrogen-bond donors (Lipinski definition) is 0.